The monoisotopic (exact) mass is 536 g/mol. The fraction of sp³-hybridized carbons (Fsp3) is 0.462. The second kappa shape index (κ2) is 11.6. The van der Waals surface area contributed by atoms with Gasteiger partial charge in [0, 0.05) is 25.2 Å². The zero-order chi connectivity index (χ0) is 23.8. The van der Waals surface area contributed by atoms with E-state index in [1.807, 2.05) is 24.3 Å². The number of halogens is 2. The molecule has 2 aliphatic heterocycles. The number of piperidine rings is 1. The van der Waals surface area contributed by atoms with E-state index >= 15 is 0 Å². The molecule has 2 aromatic carbocycles. The van der Waals surface area contributed by atoms with E-state index < -0.39 is 0 Å². The van der Waals surface area contributed by atoms with Crippen LogP contribution in [0.15, 0.2) is 29.1 Å². The summed E-state index contributed by atoms with van der Waals surface area (Å²) >= 11 is 0. The first-order chi connectivity index (χ1) is 16.5. The molecule has 36 heavy (non-hydrogen) atoms. The van der Waals surface area contributed by atoms with E-state index in [2.05, 4.69) is 21.8 Å². The predicted octanol–water partition coefficient (Wildman–Crippen LogP) is 4.51. The number of likely N-dealkylation sites (tertiary alicyclic amines) is 1. The molecular formula is C26H34Cl2N4O4. The molecule has 10 heteroatoms. The van der Waals surface area contributed by atoms with E-state index in [0.717, 1.165) is 55.0 Å². The van der Waals surface area contributed by atoms with Crippen molar-refractivity contribution in [3.05, 3.63) is 51.3 Å². The summed E-state index contributed by atoms with van der Waals surface area (Å²) in [4.78, 5) is 25.9. The number of H-pyrrole nitrogens is 1. The lowest BCUT2D eigenvalue weighted by atomic mass is 9.93. The molecule has 3 aromatic rings. The highest BCUT2D eigenvalue weighted by Crippen LogP contribution is 2.36. The molecule has 0 radical (unpaired) electrons. The number of hydrogen-bond donors (Lipinski definition) is 1. The van der Waals surface area contributed by atoms with Crippen molar-refractivity contribution in [3.63, 3.8) is 0 Å². The van der Waals surface area contributed by atoms with Crippen molar-refractivity contribution in [2.75, 3.05) is 46.4 Å². The summed E-state index contributed by atoms with van der Waals surface area (Å²) in [6.07, 6.45) is 4.18. The van der Waals surface area contributed by atoms with E-state index in [9.17, 15) is 4.79 Å². The Morgan fingerprint density at radius 2 is 1.67 bits per heavy atom. The summed E-state index contributed by atoms with van der Waals surface area (Å²) < 4.78 is 16.5. The molecule has 8 nitrogen and oxygen atoms in total. The second-order valence-electron chi connectivity index (χ2n) is 9.14. The van der Waals surface area contributed by atoms with Gasteiger partial charge in [0.1, 0.15) is 5.75 Å². The maximum absolute atomic E-state index is 13.4. The molecule has 1 aromatic heterocycles. The number of ether oxygens (including phenoxy) is 3. The maximum Gasteiger partial charge on any atom is 0.260 e. The minimum atomic E-state index is -0.102. The zero-order valence-corrected chi connectivity index (χ0v) is 22.8. The van der Waals surface area contributed by atoms with Crippen molar-refractivity contribution < 1.29 is 14.2 Å². The predicted molar refractivity (Wildman–Crippen MR) is 147 cm³/mol. The Bertz CT molecular complexity index is 1280. The Labute approximate surface area is 223 Å². The van der Waals surface area contributed by atoms with Gasteiger partial charge >= 0.3 is 0 Å². The van der Waals surface area contributed by atoms with Crippen molar-refractivity contribution in [1.29, 1.82) is 0 Å². The van der Waals surface area contributed by atoms with Crippen molar-refractivity contribution >= 4 is 41.7 Å². The van der Waals surface area contributed by atoms with Crippen LogP contribution in [-0.4, -0.2) is 56.3 Å². The van der Waals surface area contributed by atoms with Gasteiger partial charge in [-0.05, 0) is 67.7 Å². The van der Waals surface area contributed by atoms with E-state index in [-0.39, 0.29) is 36.4 Å². The second-order valence-corrected chi connectivity index (χ2v) is 9.14. The highest BCUT2D eigenvalue weighted by atomic mass is 35.5. The summed E-state index contributed by atoms with van der Waals surface area (Å²) in [6.45, 7) is 2.40. The van der Waals surface area contributed by atoms with Crippen molar-refractivity contribution in [3.8, 4) is 17.2 Å². The number of aromatic amines is 1. The highest BCUT2D eigenvalue weighted by Gasteiger charge is 2.26. The van der Waals surface area contributed by atoms with Crippen molar-refractivity contribution in [1.82, 2.24) is 14.9 Å². The minimum Gasteiger partial charge on any atom is -0.497 e. The molecule has 196 valence electrons. The molecule has 0 aliphatic carbocycles. The van der Waals surface area contributed by atoms with Crippen LogP contribution >= 0.6 is 24.8 Å². The van der Waals surface area contributed by atoms with Crippen LogP contribution in [0.2, 0.25) is 0 Å². The molecule has 1 unspecified atom stereocenters. The van der Waals surface area contributed by atoms with Gasteiger partial charge in [-0.1, -0.05) is 6.42 Å². The Morgan fingerprint density at radius 3 is 2.33 bits per heavy atom. The van der Waals surface area contributed by atoms with Gasteiger partial charge in [0.2, 0.25) is 5.95 Å². The van der Waals surface area contributed by atoms with Crippen LogP contribution in [0, 0.1) is 0 Å². The Hall–Kier alpha value is -2.68. The molecule has 0 bridgehead atoms. The van der Waals surface area contributed by atoms with Gasteiger partial charge in [0.05, 0.1) is 32.2 Å². The van der Waals surface area contributed by atoms with Gasteiger partial charge in [-0.15, -0.1) is 24.8 Å². The molecule has 5 rings (SSSR count). The molecule has 2 aliphatic rings. The first-order valence-corrected chi connectivity index (χ1v) is 11.8. The third-order valence-electron chi connectivity index (χ3n) is 7.18. The normalized spacial score (nSPS) is 17.6. The van der Waals surface area contributed by atoms with Crippen molar-refractivity contribution in [2.24, 2.45) is 0 Å². The Morgan fingerprint density at radius 1 is 0.944 bits per heavy atom. The van der Waals surface area contributed by atoms with Crippen molar-refractivity contribution in [2.45, 2.75) is 38.3 Å². The summed E-state index contributed by atoms with van der Waals surface area (Å²) in [7, 11) is 7.07. The first-order valence-electron chi connectivity index (χ1n) is 11.8. The van der Waals surface area contributed by atoms with E-state index in [1.54, 1.807) is 21.3 Å². The summed E-state index contributed by atoms with van der Waals surface area (Å²) in [5.74, 6) is 2.74. The number of rotatable bonds is 5. The maximum atomic E-state index is 13.4. The first kappa shape index (κ1) is 27.9. The number of fused-ring (bicyclic) bond motifs is 2. The lowest BCUT2D eigenvalue weighted by Gasteiger charge is -2.33. The lowest BCUT2D eigenvalue weighted by molar-refractivity contribution is 0.188. The average Bonchev–Trinajstić information content (AvgIpc) is 2.86. The minimum absolute atomic E-state index is 0. The smallest absolute Gasteiger partial charge is 0.260 e. The van der Waals surface area contributed by atoms with Crippen LogP contribution in [0.3, 0.4) is 0 Å². The van der Waals surface area contributed by atoms with Gasteiger partial charge in [-0.25, -0.2) is 4.98 Å². The number of benzene rings is 2. The fourth-order valence-corrected chi connectivity index (χ4v) is 5.33. The third kappa shape index (κ3) is 5.08. The number of methoxy groups -OCH3 is 3. The molecular weight excluding hydrogens is 503 g/mol. The van der Waals surface area contributed by atoms with Crippen LogP contribution in [0.25, 0.3) is 10.9 Å². The molecule has 1 atom stereocenters. The lowest BCUT2D eigenvalue weighted by Crippen LogP contribution is -2.34. The molecule has 1 saturated heterocycles. The third-order valence-corrected chi connectivity index (χ3v) is 7.18. The van der Waals surface area contributed by atoms with Crippen LogP contribution < -0.4 is 24.7 Å². The van der Waals surface area contributed by atoms with Gasteiger partial charge in [0.25, 0.3) is 5.56 Å². The largest absolute Gasteiger partial charge is 0.497 e. The molecule has 0 saturated carbocycles. The number of hydrogen-bond acceptors (Lipinski definition) is 7. The van der Waals surface area contributed by atoms with Crippen LogP contribution in [-0.2, 0) is 13.0 Å². The van der Waals surface area contributed by atoms with Crippen LogP contribution in [0.4, 0.5) is 5.95 Å². The molecule has 1 N–H and O–H groups in total. The van der Waals surface area contributed by atoms with Gasteiger partial charge in [-0.3, -0.25) is 14.7 Å². The number of aromatic nitrogens is 2. The fourth-order valence-electron chi connectivity index (χ4n) is 5.33. The zero-order valence-electron chi connectivity index (χ0n) is 21.1. The van der Waals surface area contributed by atoms with Gasteiger partial charge in [0.15, 0.2) is 11.5 Å². The molecule has 0 spiro atoms. The number of nitrogens with zero attached hydrogens (tertiary/aromatic N) is 3. The highest BCUT2D eigenvalue weighted by molar-refractivity contribution is 5.86. The van der Waals surface area contributed by atoms with E-state index in [0.29, 0.717) is 29.1 Å². The SMILES string of the molecule is COc1cc(C2CCCCN2C)c2c(=O)[nH]c(N3CCc4cc(OC)c(OC)cc4C3)nc2c1.Cl.Cl. The topological polar surface area (TPSA) is 79.9 Å². The van der Waals surface area contributed by atoms with Gasteiger partial charge < -0.3 is 19.1 Å². The Balaban J connectivity index is 0.00000180. The Kier molecular flexibility index (Phi) is 8.98. The molecule has 3 heterocycles. The molecule has 0 amide bonds. The van der Waals surface area contributed by atoms with E-state index in [1.165, 1.54) is 12.0 Å². The number of anilines is 1. The summed E-state index contributed by atoms with van der Waals surface area (Å²) in [5.41, 5.74) is 3.93. The van der Waals surface area contributed by atoms with Crippen LogP contribution in [0.1, 0.15) is 42.0 Å². The summed E-state index contributed by atoms with van der Waals surface area (Å²) in [6, 6.07) is 8.11. The van der Waals surface area contributed by atoms with Crippen LogP contribution in [0.5, 0.6) is 17.2 Å². The quantitative estimate of drug-likeness (QED) is 0.513. The number of nitrogens with one attached hydrogen (secondary N) is 1. The average molecular weight is 537 g/mol. The van der Waals surface area contributed by atoms with E-state index in [4.69, 9.17) is 19.2 Å². The molecule has 1 fully saturated rings. The summed E-state index contributed by atoms with van der Waals surface area (Å²) in [5, 5.41) is 0.659. The van der Waals surface area contributed by atoms with Gasteiger partial charge in [-0.2, -0.15) is 0 Å². The standard InChI is InChI=1S/C26H32N4O4.2ClH/c1-29-9-6-5-7-21(29)19-13-18(32-2)14-20-24(19)25(31)28-26(27-20)30-10-8-16-11-22(33-3)23(34-4)12-17(16)15-30;;/h11-14,21H,5-10,15H2,1-4H3,(H,27,28,31);2*1H.